The minimum Gasteiger partial charge on any atom is -0.384 e. The van der Waals surface area contributed by atoms with Crippen LogP contribution >= 0.6 is 0 Å². The molecule has 0 saturated carbocycles. The van der Waals surface area contributed by atoms with E-state index in [1.54, 1.807) is 12.1 Å². The van der Waals surface area contributed by atoms with Gasteiger partial charge >= 0.3 is 0 Å². The number of amides is 1. The molecule has 108 valence electrons. The maximum Gasteiger partial charge on any atom is 0.258 e. The standard InChI is InChI=1S/C16H18N4O/c1-11-9-12(10-15(17)18-11)16(21)20-8-7-19(2)13-5-3-4-6-14(13)20/h3-6,9-10H,7-8H2,1-2H3,(H2,17,18). The molecule has 0 bridgehead atoms. The average molecular weight is 282 g/mol. The third-order valence-electron chi connectivity index (χ3n) is 3.71. The Labute approximate surface area is 124 Å². The first-order chi connectivity index (χ1) is 10.1. The fourth-order valence-electron chi connectivity index (χ4n) is 2.69. The number of benzene rings is 1. The number of nitrogens with zero attached hydrogens (tertiary/aromatic N) is 3. The number of hydrogen-bond donors (Lipinski definition) is 1. The Morgan fingerprint density at radius 1 is 1.19 bits per heavy atom. The maximum absolute atomic E-state index is 12.8. The summed E-state index contributed by atoms with van der Waals surface area (Å²) in [5.41, 5.74) is 9.09. The molecule has 1 aliphatic heterocycles. The molecule has 2 N–H and O–H groups in total. The smallest absolute Gasteiger partial charge is 0.258 e. The molecular formula is C16H18N4O. The lowest BCUT2D eigenvalue weighted by Gasteiger charge is -2.35. The van der Waals surface area contributed by atoms with Gasteiger partial charge < -0.3 is 15.5 Å². The van der Waals surface area contributed by atoms with E-state index in [2.05, 4.69) is 9.88 Å². The second-order valence-corrected chi connectivity index (χ2v) is 5.29. The van der Waals surface area contributed by atoms with E-state index >= 15 is 0 Å². The number of rotatable bonds is 1. The van der Waals surface area contributed by atoms with Gasteiger partial charge in [0.15, 0.2) is 0 Å². The van der Waals surface area contributed by atoms with Gasteiger partial charge in [-0.2, -0.15) is 0 Å². The van der Waals surface area contributed by atoms with Crippen LogP contribution in [-0.2, 0) is 0 Å². The van der Waals surface area contributed by atoms with Crippen molar-refractivity contribution in [3.63, 3.8) is 0 Å². The number of pyridine rings is 1. The van der Waals surface area contributed by atoms with Gasteiger partial charge in [0, 0.05) is 31.4 Å². The van der Waals surface area contributed by atoms with Crippen LogP contribution in [0.4, 0.5) is 17.2 Å². The van der Waals surface area contributed by atoms with Crippen LogP contribution in [0.3, 0.4) is 0 Å². The summed E-state index contributed by atoms with van der Waals surface area (Å²) >= 11 is 0. The first kappa shape index (κ1) is 13.4. The highest BCUT2D eigenvalue weighted by molar-refractivity contribution is 6.08. The van der Waals surface area contributed by atoms with Gasteiger partial charge in [0.1, 0.15) is 5.82 Å². The number of fused-ring (bicyclic) bond motifs is 1. The quantitative estimate of drug-likeness (QED) is 0.869. The predicted molar refractivity (Wildman–Crippen MR) is 84.8 cm³/mol. The summed E-state index contributed by atoms with van der Waals surface area (Å²) in [7, 11) is 2.04. The first-order valence-corrected chi connectivity index (χ1v) is 6.92. The Bertz CT molecular complexity index is 678. The van der Waals surface area contributed by atoms with E-state index < -0.39 is 0 Å². The number of carbonyl (C=O) groups excluding carboxylic acids is 1. The van der Waals surface area contributed by atoms with Crippen molar-refractivity contribution in [2.24, 2.45) is 0 Å². The van der Waals surface area contributed by atoms with Crippen molar-refractivity contribution in [2.45, 2.75) is 6.92 Å². The molecule has 3 rings (SSSR count). The van der Waals surface area contributed by atoms with E-state index in [-0.39, 0.29) is 5.91 Å². The van der Waals surface area contributed by atoms with Gasteiger partial charge in [-0.25, -0.2) is 4.98 Å². The third-order valence-corrected chi connectivity index (χ3v) is 3.71. The minimum atomic E-state index is -0.0345. The second-order valence-electron chi connectivity index (χ2n) is 5.29. The van der Waals surface area contributed by atoms with E-state index in [1.807, 2.05) is 43.1 Å². The Balaban J connectivity index is 2.01. The van der Waals surface area contributed by atoms with Crippen LogP contribution in [0, 0.1) is 6.92 Å². The highest BCUT2D eigenvalue weighted by Gasteiger charge is 2.25. The molecule has 0 radical (unpaired) electrons. The summed E-state index contributed by atoms with van der Waals surface area (Å²) in [6.45, 7) is 3.31. The summed E-state index contributed by atoms with van der Waals surface area (Å²) in [6, 6.07) is 11.3. The molecule has 1 amide bonds. The fraction of sp³-hybridized carbons (Fsp3) is 0.250. The Morgan fingerprint density at radius 2 is 1.90 bits per heavy atom. The van der Waals surface area contributed by atoms with E-state index in [0.717, 1.165) is 23.6 Å². The van der Waals surface area contributed by atoms with Crippen molar-refractivity contribution in [1.82, 2.24) is 4.98 Å². The number of aryl methyl sites for hydroxylation is 1. The molecule has 0 saturated heterocycles. The van der Waals surface area contributed by atoms with Gasteiger partial charge in [0.2, 0.25) is 0 Å². The molecule has 2 heterocycles. The molecule has 0 unspecified atom stereocenters. The lowest BCUT2D eigenvalue weighted by molar-refractivity contribution is 0.0986. The van der Waals surface area contributed by atoms with Gasteiger partial charge in [-0.1, -0.05) is 12.1 Å². The number of anilines is 3. The Kier molecular flexibility index (Phi) is 3.25. The van der Waals surface area contributed by atoms with Crippen molar-refractivity contribution >= 4 is 23.1 Å². The number of likely N-dealkylation sites (N-methyl/N-ethyl adjacent to an activating group) is 1. The highest BCUT2D eigenvalue weighted by atomic mass is 16.2. The van der Waals surface area contributed by atoms with Crippen LogP contribution in [0.2, 0.25) is 0 Å². The number of hydrogen-bond acceptors (Lipinski definition) is 4. The summed E-state index contributed by atoms with van der Waals surface area (Å²) in [5.74, 6) is 0.341. The molecule has 0 atom stereocenters. The Hall–Kier alpha value is -2.56. The number of para-hydroxylation sites is 2. The van der Waals surface area contributed by atoms with E-state index in [4.69, 9.17) is 5.73 Å². The van der Waals surface area contributed by atoms with Crippen molar-refractivity contribution in [1.29, 1.82) is 0 Å². The van der Waals surface area contributed by atoms with Crippen LogP contribution in [0.5, 0.6) is 0 Å². The molecule has 2 aromatic rings. The zero-order valence-corrected chi connectivity index (χ0v) is 12.2. The fourth-order valence-corrected chi connectivity index (χ4v) is 2.69. The van der Waals surface area contributed by atoms with Gasteiger partial charge in [-0.05, 0) is 31.2 Å². The van der Waals surface area contributed by atoms with E-state index in [9.17, 15) is 4.79 Å². The molecule has 5 heteroatoms. The van der Waals surface area contributed by atoms with Crippen LogP contribution in [0.1, 0.15) is 16.1 Å². The molecule has 1 aromatic carbocycles. The van der Waals surface area contributed by atoms with Crippen molar-refractivity contribution in [3.8, 4) is 0 Å². The maximum atomic E-state index is 12.8. The van der Waals surface area contributed by atoms with Crippen LogP contribution in [0.25, 0.3) is 0 Å². The van der Waals surface area contributed by atoms with Gasteiger partial charge in [-0.15, -0.1) is 0 Å². The molecular weight excluding hydrogens is 264 g/mol. The zero-order valence-electron chi connectivity index (χ0n) is 12.2. The third kappa shape index (κ3) is 2.42. The van der Waals surface area contributed by atoms with Gasteiger partial charge in [-0.3, -0.25) is 4.79 Å². The first-order valence-electron chi connectivity index (χ1n) is 6.92. The van der Waals surface area contributed by atoms with Crippen molar-refractivity contribution in [2.75, 3.05) is 35.7 Å². The summed E-state index contributed by atoms with van der Waals surface area (Å²) < 4.78 is 0. The zero-order chi connectivity index (χ0) is 15.0. The molecule has 0 fully saturated rings. The molecule has 5 nitrogen and oxygen atoms in total. The summed E-state index contributed by atoms with van der Waals surface area (Å²) in [5, 5.41) is 0. The molecule has 0 spiro atoms. The van der Waals surface area contributed by atoms with Crippen molar-refractivity contribution < 1.29 is 4.79 Å². The molecule has 0 aliphatic carbocycles. The minimum absolute atomic E-state index is 0.0345. The lowest BCUT2D eigenvalue weighted by atomic mass is 10.1. The summed E-state index contributed by atoms with van der Waals surface area (Å²) in [4.78, 5) is 20.9. The lowest BCUT2D eigenvalue weighted by Crippen LogP contribution is -2.42. The number of nitrogen functional groups attached to an aromatic ring is 1. The van der Waals surface area contributed by atoms with Crippen LogP contribution < -0.4 is 15.5 Å². The van der Waals surface area contributed by atoms with Crippen LogP contribution in [0.15, 0.2) is 36.4 Å². The largest absolute Gasteiger partial charge is 0.384 e. The normalized spacial score (nSPS) is 14.0. The van der Waals surface area contributed by atoms with Gasteiger partial charge in [0.25, 0.3) is 5.91 Å². The Morgan fingerprint density at radius 3 is 2.62 bits per heavy atom. The van der Waals surface area contributed by atoms with Gasteiger partial charge in [0.05, 0.1) is 11.4 Å². The van der Waals surface area contributed by atoms with Crippen molar-refractivity contribution in [3.05, 3.63) is 47.7 Å². The molecule has 1 aliphatic rings. The highest BCUT2D eigenvalue weighted by Crippen LogP contribution is 2.32. The number of nitrogens with two attached hydrogens (primary N) is 1. The second kappa shape index (κ2) is 5.09. The molecule has 1 aromatic heterocycles. The SMILES string of the molecule is Cc1cc(C(=O)N2CCN(C)c3ccccc32)cc(N)n1. The van der Waals surface area contributed by atoms with E-state index in [0.29, 0.717) is 17.9 Å². The topological polar surface area (TPSA) is 62.5 Å². The number of carbonyl (C=O) groups is 1. The number of aromatic nitrogens is 1. The van der Waals surface area contributed by atoms with E-state index in [1.165, 1.54) is 0 Å². The van der Waals surface area contributed by atoms with Crippen LogP contribution in [-0.4, -0.2) is 31.0 Å². The predicted octanol–water partition coefficient (Wildman–Crippen LogP) is 2.07. The molecule has 21 heavy (non-hydrogen) atoms. The average Bonchev–Trinajstić information content (AvgIpc) is 2.46. The summed E-state index contributed by atoms with van der Waals surface area (Å²) in [6.07, 6.45) is 0. The monoisotopic (exact) mass is 282 g/mol.